The second kappa shape index (κ2) is 12.0. The Morgan fingerprint density at radius 2 is 1.86 bits per heavy atom. The van der Waals surface area contributed by atoms with Gasteiger partial charge >= 0.3 is 6.36 Å². The molecule has 8 nitrogen and oxygen atoms in total. The summed E-state index contributed by atoms with van der Waals surface area (Å²) in [5, 5.41) is 5.38. The molecular weight excluding hydrogens is 615 g/mol. The Morgan fingerprint density at radius 1 is 1.11 bits per heavy atom. The van der Waals surface area contributed by atoms with E-state index >= 15 is 0 Å². The molecule has 2 aliphatic rings. The number of hydrogen-bond acceptors (Lipinski definition) is 6. The number of anilines is 1. The Bertz CT molecular complexity index is 1750. The molecule has 1 aromatic heterocycles. The maximum atomic E-state index is 14.1. The summed E-state index contributed by atoms with van der Waals surface area (Å²) in [7, 11) is 0. The molecule has 0 aliphatic carbocycles. The number of hydrogen-bond donors (Lipinski definition) is 2. The smallest absolute Gasteiger partial charge is 0.406 e. The zero-order chi connectivity index (χ0) is 31.0. The number of thioether (sulfide) groups is 1. The summed E-state index contributed by atoms with van der Waals surface area (Å²) in [4.78, 5) is 10.9. The van der Waals surface area contributed by atoms with Crippen LogP contribution in [0.4, 0.5) is 23.2 Å². The SMILES string of the molecule is CC1C=C2CSC(=NC(=S)NNC(C)c3ccc(-c4ncn(-c5ccc(OC(F)(F)F)cc5)n4)cc3)N2c2cc(F)ccc21. The number of nitrogens with one attached hydrogen (secondary N) is 2. The lowest BCUT2D eigenvalue weighted by molar-refractivity contribution is -0.274. The van der Waals surface area contributed by atoms with E-state index in [-0.39, 0.29) is 28.6 Å². The first-order chi connectivity index (χ1) is 21.0. The van der Waals surface area contributed by atoms with Crippen molar-refractivity contribution in [1.29, 1.82) is 0 Å². The van der Waals surface area contributed by atoms with Crippen LogP contribution in [0.25, 0.3) is 17.1 Å². The van der Waals surface area contributed by atoms with E-state index in [0.717, 1.165) is 33.8 Å². The number of nitrogens with zero attached hydrogens (tertiary/aromatic N) is 5. The van der Waals surface area contributed by atoms with Crippen LogP contribution in [0.2, 0.25) is 0 Å². The van der Waals surface area contributed by atoms with Crippen LogP contribution in [0.5, 0.6) is 5.75 Å². The summed E-state index contributed by atoms with van der Waals surface area (Å²) in [6.45, 7) is 4.06. The molecule has 6 rings (SSSR count). The lowest BCUT2D eigenvalue weighted by atomic mass is 9.94. The van der Waals surface area contributed by atoms with Gasteiger partial charge < -0.3 is 4.74 Å². The maximum absolute atomic E-state index is 14.1. The quantitative estimate of drug-likeness (QED) is 0.132. The number of hydrazine groups is 1. The number of alkyl halides is 3. The van der Waals surface area contributed by atoms with E-state index < -0.39 is 6.36 Å². The van der Waals surface area contributed by atoms with Gasteiger partial charge in [-0.3, -0.25) is 10.3 Å². The average Bonchev–Trinajstić information content (AvgIpc) is 3.63. The minimum Gasteiger partial charge on any atom is -0.406 e. The highest BCUT2D eigenvalue weighted by Crippen LogP contribution is 2.43. The van der Waals surface area contributed by atoms with Gasteiger partial charge in [-0.25, -0.2) is 19.5 Å². The number of aliphatic imine (C=N–C) groups is 1. The molecule has 226 valence electrons. The average molecular weight is 640 g/mol. The second-order valence-corrected chi connectivity index (χ2v) is 11.5. The third-order valence-electron chi connectivity index (χ3n) is 7.08. The minimum atomic E-state index is -4.75. The van der Waals surface area contributed by atoms with Crippen LogP contribution >= 0.6 is 24.0 Å². The van der Waals surface area contributed by atoms with Crippen molar-refractivity contribution in [3.8, 4) is 22.8 Å². The highest BCUT2D eigenvalue weighted by Gasteiger charge is 2.33. The number of benzene rings is 3. The summed E-state index contributed by atoms with van der Waals surface area (Å²) in [5.74, 6) is 0.760. The molecular formula is C30H25F4N7OS2. The first-order valence-corrected chi connectivity index (χ1v) is 14.9. The van der Waals surface area contributed by atoms with E-state index in [1.54, 1.807) is 11.8 Å². The van der Waals surface area contributed by atoms with Crippen molar-refractivity contribution < 1.29 is 22.3 Å². The molecule has 4 aromatic rings. The zero-order valence-corrected chi connectivity index (χ0v) is 25.0. The fourth-order valence-electron chi connectivity index (χ4n) is 4.94. The molecule has 3 aromatic carbocycles. The Labute approximate surface area is 259 Å². The zero-order valence-electron chi connectivity index (χ0n) is 23.3. The van der Waals surface area contributed by atoms with Gasteiger partial charge in [0.15, 0.2) is 11.0 Å². The summed E-state index contributed by atoms with van der Waals surface area (Å²) in [6, 6.07) is 17.7. The van der Waals surface area contributed by atoms with E-state index in [4.69, 9.17) is 12.2 Å². The van der Waals surface area contributed by atoms with Crippen molar-refractivity contribution in [1.82, 2.24) is 25.6 Å². The normalized spacial score (nSPS) is 17.6. The van der Waals surface area contributed by atoms with Gasteiger partial charge in [-0.2, -0.15) is 4.99 Å². The highest BCUT2D eigenvalue weighted by atomic mass is 32.2. The van der Waals surface area contributed by atoms with E-state index in [1.807, 2.05) is 42.2 Å². The van der Waals surface area contributed by atoms with Crippen molar-refractivity contribution in [3.63, 3.8) is 0 Å². The number of thiocarbonyl (C=S) groups is 1. The number of fused-ring (bicyclic) bond motifs is 3. The van der Waals surface area contributed by atoms with Crippen LogP contribution in [0.3, 0.4) is 0 Å². The molecule has 0 saturated carbocycles. The highest BCUT2D eigenvalue weighted by molar-refractivity contribution is 8.14. The van der Waals surface area contributed by atoms with E-state index in [1.165, 1.54) is 47.4 Å². The van der Waals surface area contributed by atoms with Gasteiger partial charge in [0.25, 0.3) is 0 Å². The second-order valence-electron chi connectivity index (χ2n) is 10.1. The summed E-state index contributed by atoms with van der Waals surface area (Å²) < 4.78 is 56.7. The molecule has 1 saturated heterocycles. The Morgan fingerprint density at radius 3 is 2.59 bits per heavy atom. The van der Waals surface area contributed by atoms with Crippen molar-refractivity contribution >= 4 is 39.9 Å². The number of halogens is 4. The van der Waals surface area contributed by atoms with Crippen LogP contribution in [-0.2, 0) is 0 Å². The summed E-state index contributed by atoms with van der Waals surface area (Å²) in [6.07, 6.45) is -1.10. The predicted molar refractivity (Wildman–Crippen MR) is 166 cm³/mol. The van der Waals surface area contributed by atoms with Crippen molar-refractivity contribution in [3.05, 3.63) is 102 Å². The van der Waals surface area contributed by atoms with E-state index in [9.17, 15) is 17.6 Å². The van der Waals surface area contributed by atoms with E-state index in [2.05, 4.69) is 43.7 Å². The van der Waals surface area contributed by atoms with Gasteiger partial charge in [-0.05, 0) is 66.7 Å². The van der Waals surface area contributed by atoms with Crippen LogP contribution in [0.1, 0.15) is 36.9 Å². The predicted octanol–water partition coefficient (Wildman–Crippen LogP) is 7.02. The van der Waals surface area contributed by atoms with E-state index in [0.29, 0.717) is 16.7 Å². The standard InChI is InChI=1S/C30H25F4N7OS2/c1-17-13-23-15-44-29(41(23)26-14-21(31)7-12-25(17)26)36-28(43)38-37-18(2)19-3-5-20(6-4-19)27-35-16-40(39-27)22-8-10-24(11-9-22)42-30(32,33)34/h3-14,16-18,37H,15H2,1-2H3,(H,38,43). The minimum absolute atomic E-state index is 0.137. The van der Waals surface area contributed by atoms with Crippen LogP contribution in [-0.4, -0.2) is 37.2 Å². The van der Waals surface area contributed by atoms with Crippen LogP contribution < -0.4 is 20.5 Å². The molecule has 44 heavy (non-hydrogen) atoms. The monoisotopic (exact) mass is 639 g/mol. The Hall–Kier alpha value is -4.27. The number of ether oxygens (including phenoxy) is 1. The molecule has 14 heteroatoms. The first-order valence-electron chi connectivity index (χ1n) is 13.5. The number of allylic oxidation sites excluding steroid dienone is 1. The number of rotatable bonds is 6. The molecule has 2 N–H and O–H groups in total. The maximum Gasteiger partial charge on any atom is 0.573 e. The van der Waals surface area contributed by atoms with Crippen molar-refractivity contribution in [2.45, 2.75) is 32.2 Å². The Balaban J connectivity index is 1.07. The van der Waals surface area contributed by atoms with Gasteiger partial charge in [0.05, 0.1) is 11.4 Å². The molecule has 0 amide bonds. The third kappa shape index (κ3) is 6.47. The first kappa shape index (κ1) is 29.8. The summed E-state index contributed by atoms with van der Waals surface area (Å²) in [5.41, 5.74) is 11.3. The van der Waals surface area contributed by atoms with Crippen molar-refractivity contribution in [2.24, 2.45) is 4.99 Å². The van der Waals surface area contributed by atoms with Gasteiger partial charge in [-0.15, -0.1) is 18.3 Å². The van der Waals surface area contributed by atoms with Gasteiger partial charge in [0.2, 0.25) is 5.11 Å². The molecule has 3 heterocycles. The topological polar surface area (TPSA) is 79.6 Å². The number of amidine groups is 1. The largest absolute Gasteiger partial charge is 0.573 e. The van der Waals surface area contributed by atoms with Gasteiger partial charge in [-0.1, -0.05) is 55.1 Å². The fourth-order valence-corrected chi connectivity index (χ4v) is 6.14. The third-order valence-corrected chi connectivity index (χ3v) is 8.25. The molecule has 0 bridgehead atoms. The van der Waals surface area contributed by atoms with Crippen molar-refractivity contribution in [2.75, 3.05) is 10.7 Å². The molecule has 0 radical (unpaired) electrons. The summed E-state index contributed by atoms with van der Waals surface area (Å²) >= 11 is 7.04. The number of aromatic nitrogens is 3. The fraction of sp³-hybridized carbons (Fsp3) is 0.200. The molecule has 2 aliphatic heterocycles. The molecule has 0 spiro atoms. The Kier molecular flexibility index (Phi) is 8.14. The molecule has 2 atom stereocenters. The lowest BCUT2D eigenvalue weighted by Gasteiger charge is -2.29. The lowest BCUT2D eigenvalue weighted by Crippen LogP contribution is -2.38. The van der Waals surface area contributed by atoms with Crippen LogP contribution in [0, 0.1) is 5.82 Å². The van der Waals surface area contributed by atoms with Gasteiger partial charge in [0.1, 0.15) is 17.9 Å². The molecule has 2 unspecified atom stereocenters. The van der Waals surface area contributed by atoms with Crippen LogP contribution in [0.15, 0.2) is 89.8 Å². The molecule has 1 fully saturated rings. The van der Waals surface area contributed by atoms with Gasteiger partial charge in [0, 0.05) is 29.0 Å².